The summed E-state index contributed by atoms with van der Waals surface area (Å²) in [7, 11) is 1.67. The highest BCUT2D eigenvalue weighted by Crippen LogP contribution is 2.01. The lowest BCUT2D eigenvalue weighted by Gasteiger charge is -2.10. The quantitative estimate of drug-likeness (QED) is 0.767. The van der Waals surface area contributed by atoms with Gasteiger partial charge in [-0.15, -0.1) is 0 Å². The normalized spacial score (nSPS) is 12.9. The van der Waals surface area contributed by atoms with Crippen LogP contribution in [0.4, 0.5) is 8.78 Å². The van der Waals surface area contributed by atoms with Gasteiger partial charge in [0.15, 0.2) is 0 Å². The third kappa shape index (κ3) is 3.02. The summed E-state index contributed by atoms with van der Waals surface area (Å²) < 4.78 is 25.3. The first-order chi connectivity index (χ1) is 7.02. The molecule has 0 aliphatic carbocycles. The average molecular weight is 218 g/mol. The number of carbonyl (C=O) groups is 1. The molecular formula is C9H12F2N2O2. The number of rotatable bonds is 4. The Bertz CT molecular complexity index is 339. The maximum atomic E-state index is 11.9. The molecule has 0 aromatic carbocycles. The molecule has 6 heteroatoms. The molecule has 0 saturated carbocycles. The molecule has 1 heterocycles. The number of hydrogen-bond donors (Lipinski definition) is 2. The average Bonchev–Trinajstić information content (AvgIpc) is 2.60. The van der Waals surface area contributed by atoms with Gasteiger partial charge in [-0.3, -0.25) is 4.79 Å². The zero-order chi connectivity index (χ0) is 11.4. The van der Waals surface area contributed by atoms with Gasteiger partial charge in [-0.1, -0.05) is 0 Å². The number of aromatic nitrogens is 1. The summed E-state index contributed by atoms with van der Waals surface area (Å²) in [5.41, 5.74) is 0.358. The summed E-state index contributed by atoms with van der Waals surface area (Å²) in [4.78, 5) is 11.4. The second-order valence-corrected chi connectivity index (χ2v) is 3.12. The number of nitrogens with zero attached hydrogens (tertiary/aromatic N) is 1. The first-order valence-corrected chi connectivity index (χ1v) is 4.38. The Hall–Kier alpha value is -1.43. The van der Waals surface area contributed by atoms with Crippen LogP contribution in [0.2, 0.25) is 0 Å². The molecule has 0 radical (unpaired) electrons. The van der Waals surface area contributed by atoms with Gasteiger partial charge in [0, 0.05) is 19.8 Å². The van der Waals surface area contributed by atoms with Crippen molar-refractivity contribution in [2.75, 3.05) is 6.54 Å². The molecule has 1 aromatic heterocycles. The number of hydrogen-bond acceptors (Lipinski definition) is 2. The molecule has 4 nitrogen and oxygen atoms in total. The van der Waals surface area contributed by atoms with Gasteiger partial charge in [-0.05, 0) is 12.1 Å². The molecule has 1 aromatic rings. The third-order valence-corrected chi connectivity index (χ3v) is 1.94. The predicted octanol–water partition coefficient (Wildman–Crippen LogP) is 0.381. The van der Waals surface area contributed by atoms with E-state index in [1.54, 1.807) is 29.9 Å². The van der Waals surface area contributed by atoms with Crippen molar-refractivity contribution in [2.24, 2.45) is 7.05 Å². The van der Waals surface area contributed by atoms with Crippen molar-refractivity contribution >= 4 is 5.91 Å². The SMILES string of the molecule is Cn1cccc1C(=O)NCC(O)C(F)F. The van der Waals surface area contributed by atoms with E-state index in [4.69, 9.17) is 5.11 Å². The lowest BCUT2D eigenvalue weighted by Crippen LogP contribution is -2.36. The minimum absolute atomic E-state index is 0.358. The molecule has 0 saturated heterocycles. The standard InChI is InChI=1S/C9H12F2N2O2/c1-13-4-2-3-6(13)9(15)12-5-7(14)8(10)11/h2-4,7-8,14H,5H2,1H3,(H,12,15). The van der Waals surface area contributed by atoms with Gasteiger partial charge in [-0.2, -0.15) is 0 Å². The lowest BCUT2D eigenvalue weighted by atomic mass is 10.3. The number of aliphatic hydroxyl groups is 1. The first-order valence-electron chi connectivity index (χ1n) is 4.38. The summed E-state index contributed by atoms with van der Waals surface area (Å²) in [5.74, 6) is -0.484. The molecule has 0 aliphatic rings. The lowest BCUT2D eigenvalue weighted by molar-refractivity contribution is -0.00274. The van der Waals surface area contributed by atoms with Crippen LogP contribution in [-0.2, 0) is 7.05 Å². The van der Waals surface area contributed by atoms with E-state index >= 15 is 0 Å². The van der Waals surface area contributed by atoms with Crippen LogP contribution in [0.3, 0.4) is 0 Å². The number of amides is 1. The van der Waals surface area contributed by atoms with Gasteiger partial charge in [0.05, 0.1) is 0 Å². The molecule has 1 atom stereocenters. The molecular weight excluding hydrogens is 206 g/mol. The van der Waals surface area contributed by atoms with E-state index in [1.165, 1.54) is 0 Å². The van der Waals surface area contributed by atoms with Crippen LogP contribution in [0.1, 0.15) is 10.5 Å². The first kappa shape index (κ1) is 11.6. The van der Waals surface area contributed by atoms with Crippen molar-refractivity contribution in [3.8, 4) is 0 Å². The Kier molecular flexibility index (Phi) is 3.79. The molecule has 84 valence electrons. The van der Waals surface area contributed by atoms with Gasteiger partial charge >= 0.3 is 0 Å². The number of alkyl halides is 2. The van der Waals surface area contributed by atoms with Crippen LogP contribution < -0.4 is 5.32 Å². The fourth-order valence-corrected chi connectivity index (χ4v) is 1.07. The summed E-state index contributed by atoms with van der Waals surface area (Å²) >= 11 is 0. The van der Waals surface area contributed by atoms with Gasteiger partial charge < -0.3 is 15.0 Å². The monoisotopic (exact) mass is 218 g/mol. The second kappa shape index (κ2) is 4.88. The van der Waals surface area contributed by atoms with Gasteiger partial charge in [-0.25, -0.2) is 8.78 Å². The van der Waals surface area contributed by atoms with E-state index < -0.39 is 25.0 Å². The molecule has 0 aliphatic heterocycles. The van der Waals surface area contributed by atoms with E-state index in [-0.39, 0.29) is 0 Å². The number of carbonyl (C=O) groups excluding carboxylic acids is 1. The Morgan fingerprint density at radius 3 is 2.80 bits per heavy atom. The highest BCUT2D eigenvalue weighted by molar-refractivity contribution is 5.92. The van der Waals surface area contributed by atoms with Crippen molar-refractivity contribution in [3.63, 3.8) is 0 Å². The molecule has 15 heavy (non-hydrogen) atoms. The highest BCUT2D eigenvalue weighted by Gasteiger charge is 2.18. The summed E-state index contributed by atoms with van der Waals surface area (Å²) in [6.07, 6.45) is -3.01. The van der Waals surface area contributed by atoms with Crippen molar-refractivity contribution < 1.29 is 18.7 Å². The van der Waals surface area contributed by atoms with Crippen molar-refractivity contribution in [1.29, 1.82) is 0 Å². The molecule has 0 bridgehead atoms. The van der Waals surface area contributed by atoms with E-state index in [2.05, 4.69) is 5.32 Å². The van der Waals surface area contributed by atoms with E-state index in [9.17, 15) is 13.6 Å². The Morgan fingerprint density at radius 1 is 1.67 bits per heavy atom. The summed E-state index contributed by atoms with van der Waals surface area (Å²) in [5, 5.41) is 11.0. The molecule has 0 spiro atoms. The molecule has 1 amide bonds. The zero-order valence-electron chi connectivity index (χ0n) is 8.15. The number of aryl methyl sites for hydroxylation is 1. The summed E-state index contributed by atoms with van der Waals surface area (Å²) in [6.45, 7) is -0.457. The summed E-state index contributed by atoms with van der Waals surface area (Å²) in [6, 6.07) is 3.22. The zero-order valence-corrected chi connectivity index (χ0v) is 8.15. The van der Waals surface area contributed by atoms with Crippen molar-refractivity contribution in [2.45, 2.75) is 12.5 Å². The molecule has 2 N–H and O–H groups in total. The van der Waals surface area contributed by atoms with Crippen LogP contribution in [0.25, 0.3) is 0 Å². The maximum Gasteiger partial charge on any atom is 0.267 e. The Morgan fingerprint density at radius 2 is 2.33 bits per heavy atom. The molecule has 1 rings (SSSR count). The van der Waals surface area contributed by atoms with Gasteiger partial charge in [0.2, 0.25) is 0 Å². The van der Waals surface area contributed by atoms with Crippen LogP contribution in [-0.4, -0.2) is 34.7 Å². The Labute approximate surface area is 85.5 Å². The number of halogens is 2. The largest absolute Gasteiger partial charge is 0.385 e. The second-order valence-electron chi connectivity index (χ2n) is 3.12. The van der Waals surface area contributed by atoms with Crippen LogP contribution in [0, 0.1) is 0 Å². The van der Waals surface area contributed by atoms with E-state index in [0.717, 1.165) is 0 Å². The Balaban J connectivity index is 2.47. The highest BCUT2D eigenvalue weighted by atomic mass is 19.3. The van der Waals surface area contributed by atoms with Gasteiger partial charge in [0.1, 0.15) is 11.8 Å². The fraction of sp³-hybridized carbons (Fsp3) is 0.444. The molecule has 1 unspecified atom stereocenters. The number of aliphatic hydroxyl groups excluding tert-OH is 1. The fourth-order valence-electron chi connectivity index (χ4n) is 1.07. The van der Waals surface area contributed by atoms with Crippen molar-refractivity contribution in [3.05, 3.63) is 24.0 Å². The number of nitrogens with one attached hydrogen (secondary N) is 1. The minimum atomic E-state index is -2.85. The van der Waals surface area contributed by atoms with Crippen LogP contribution in [0.15, 0.2) is 18.3 Å². The third-order valence-electron chi connectivity index (χ3n) is 1.94. The van der Waals surface area contributed by atoms with Crippen LogP contribution >= 0.6 is 0 Å². The predicted molar refractivity (Wildman–Crippen MR) is 49.8 cm³/mol. The van der Waals surface area contributed by atoms with Crippen molar-refractivity contribution in [1.82, 2.24) is 9.88 Å². The maximum absolute atomic E-state index is 11.9. The van der Waals surface area contributed by atoms with Gasteiger partial charge in [0.25, 0.3) is 12.3 Å². The smallest absolute Gasteiger partial charge is 0.267 e. The molecule has 0 fully saturated rings. The van der Waals surface area contributed by atoms with E-state index in [0.29, 0.717) is 5.69 Å². The topological polar surface area (TPSA) is 54.3 Å². The van der Waals surface area contributed by atoms with Crippen LogP contribution in [0.5, 0.6) is 0 Å². The van der Waals surface area contributed by atoms with E-state index in [1.807, 2.05) is 0 Å². The minimum Gasteiger partial charge on any atom is -0.385 e.